The molecule has 0 bridgehead atoms. The average Bonchev–Trinajstić information content (AvgIpc) is 2.70. The van der Waals surface area contributed by atoms with E-state index in [0.717, 1.165) is 35.7 Å². The van der Waals surface area contributed by atoms with Crippen molar-refractivity contribution in [3.8, 4) is 0 Å². The van der Waals surface area contributed by atoms with Crippen molar-refractivity contribution >= 4 is 46.9 Å². The maximum atomic E-state index is 13.1. The Labute approximate surface area is 186 Å². The predicted octanol–water partition coefficient (Wildman–Crippen LogP) is 5.57. The van der Waals surface area contributed by atoms with E-state index in [1.165, 1.54) is 11.8 Å². The second-order valence-electron chi connectivity index (χ2n) is 8.37. The summed E-state index contributed by atoms with van der Waals surface area (Å²) in [5.41, 5.74) is 2.30. The summed E-state index contributed by atoms with van der Waals surface area (Å²) in [6.07, 6.45) is 3.01. The van der Waals surface area contributed by atoms with Gasteiger partial charge in [-0.05, 0) is 60.2 Å². The Morgan fingerprint density at radius 1 is 1.13 bits per heavy atom. The summed E-state index contributed by atoms with van der Waals surface area (Å²) in [5.74, 6) is 0.975. The van der Waals surface area contributed by atoms with Crippen molar-refractivity contribution in [3.05, 3.63) is 63.5 Å². The molecular formula is C24H25ClN2O2S. The number of benzene rings is 2. The van der Waals surface area contributed by atoms with E-state index in [2.05, 4.69) is 13.8 Å². The zero-order valence-corrected chi connectivity index (χ0v) is 19.0. The third-order valence-corrected chi connectivity index (χ3v) is 6.92. The largest absolute Gasteiger partial charge is 0.338 e. The number of nitrogens with zero attached hydrogens (tertiary/aromatic N) is 2. The number of fused-ring (bicyclic) bond motifs is 1. The zero-order chi connectivity index (χ0) is 21.4. The monoisotopic (exact) mass is 440 g/mol. The van der Waals surface area contributed by atoms with Crippen LogP contribution in [-0.2, 0) is 4.79 Å². The van der Waals surface area contributed by atoms with Crippen LogP contribution in [0, 0.1) is 11.8 Å². The first kappa shape index (κ1) is 21.0. The number of amides is 2. The molecule has 2 aromatic carbocycles. The molecule has 1 saturated heterocycles. The first-order chi connectivity index (χ1) is 14.3. The zero-order valence-electron chi connectivity index (χ0n) is 17.4. The standard InChI is InChI=1S/C24H25ClN2O2S/c1-15-9-16(2)14-27(13-15)23(28)18-7-8-21-20(12-18)26(3)24(29)22(30-21)11-17-5-4-6-19(25)10-17/h4-8,10-12,15-16H,9,13-14H2,1-3H3. The quantitative estimate of drug-likeness (QED) is 0.573. The van der Waals surface area contributed by atoms with Gasteiger partial charge in [0.25, 0.3) is 11.8 Å². The van der Waals surface area contributed by atoms with Gasteiger partial charge in [-0.1, -0.05) is 49.3 Å². The van der Waals surface area contributed by atoms with Gasteiger partial charge >= 0.3 is 0 Å². The van der Waals surface area contributed by atoms with Crippen molar-refractivity contribution in [2.45, 2.75) is 25.2 Å². The van der Waals surface area contributed by atoms with Gasteiger partial charge in [-0.25, -0.2) is 0 Å². The minimum Gasteiger partial charge on any atom is -0.338 e. The van der Waals surface area contributed by atoms with Crippen LogP contribution in [-0.4, -0.2) is 36.9 Å². The number of likely N-dealkylation sites (tertiary alicyclic amines) is 1. The van der Waals surface area contributed by atoms with Gasteiger partial charge < -0.3 is 9.80 Å². The van der Waals surface area contributed by atoms with Crippen molar-refractivity contribution in [1.29, 1.82) is 0 Å². The normalized spacial score (nSPS) is 22.9. The molecule has 0 aromatic heterocycles. The first-order valence-electron chi connectivity index (χ1n) is 10.2. The van der Waals surface area contributed by atoms with Crippen molar-refractivity contribution < 1.29 is 9.59 Å². The van der Waals surface area contributed by atoms with Crippen LogP contribution in [0.25, 0.3) is 6.08 Å². The fraction of sp³-hybridized carbons (Fsp3) is 0.333. The highest BCUT2D eigenvalue weighted by Gasteiger charge is 2.30. The molecule has 4 nitrogen and oxygen atoms in total. The fourth-order valence-corrected chi connectivity index (χ4v) is 5.58. The second kappa shape index (κ2) is 8.48. The topological polar surface area (TPSA) is 40.6 Å². The SMILES string of the molecule is CC1CC(C)CN(C(=O)c2ccc3c(c2)N(C)C(=O)C(=Cc2cccc(Cl)c2)S3)C1. The average molecular weight is 441 g/mol. The molecule has 2 atom stereocenters. The highest BCUT2D eigenvalue weighted by atomic mass is 35.5. The number of hydrogen-bond acceptors (Lipinski definition) is 3. The number of likely N-dealkylation sites (N-methyl/N-ethyl adjacent to an activating group) is 1. The second-order valence-corrected chi connectivity index (χ2v) is 9.89. The highest BCUT2D eigenvalue weighted by molar-refractivity contribution is 8.04. The molecule has 0 aliphatic carbocycles. The molecule has 1 fully saturated rings. The Bertz CT molecular complexity index is 1030. The van der Waals surface area contributed by atoms with E-state index in [-0.39, 0.29) is 11.8 Å². The summed E-state index contributed by atoms with van der Waals surface area (Å²) < 4.78 is 0. The molecule has 0 saturated carbocycles. The maximum Gasteiger partial charge on any atom is 0.264 e. The fourth-order valence-electron chi connectivity index (χ4n) is 4.29. The molecular weight excluding hydrogens is 416 g/mol. The van der Waals surface area contributed by atoms with Crippen LogP contribution >= 0.6 is 23.4 Å². The van der Waals surface area contributed by atoms with Crippen molar-refractivity contribution in [3.63, 3.8) is 0 Å². The molecule has 30 heavy (non-hydrogen) atoms. The maximum absolute atomic E-state index is 13.1. The minimum atomic E-state index is -0.0858. The lowest BCUT2D eigenvalue weighted by Crippen LogP contribution is -2.42. The molecule has 156 valence electrons. The van der Waals surface area contributed by atoms with Gasteiger partial charge in [-0.15, -0.1) is 0 Å². The van der Waals surface area contributed by atoms with Crippen LogP contribution in [0.4, 0.5) is 5.69 Å². The molecule has 2 unspecified atom stereocenters. The molecule has 0 radical (unpaired) electrons. The lowest BCUT2D eigenvalue weighted by atomic mass is 9.91. The minimum absolute atomic E-state index is 0.0438. The van der Waals surface area contributed by atoms with E-state index < -0.39 is 0 Å². The third-order valence-electron chi connectivity index (χ3n) is 5.61. The van der Waals surface area contributed by atoms with Crippen molar-refractivity contribution in [2.75, 3.05) is 25.0 Å². The van der Waals surface area contributed by atoms with E-state index in [0.29, 0.717) is 27.3 Å². The Morgan fingerprint density at radius 2 is 1.87 bits per heavy atom. The number of carbonyl (C=O) groups is 2. The molecule has 2 aromatic rings. The molecule has 2 aliphatic heterocycles. The number of piperidine rings is 1. The predicted molar refractivity (Wildman–Crippen MR) is 124 cm³/mol. The van der Waals surface area contributed by atoms with Gasteiger partial charge in [-0.2, -0.15) is 0 Å². The highest BCUT2D eigenvalue weighted by Crippen LogP contribution is 2.42. The molecule has 6 heteroatoms. The van der Waals surface area contributed by atoms with Gasteiger partial charge in [0.05, 0.1) is 10.6 Å². The van der Waals surface area contributed by atoms with E-state index in [4.69, 9.17) is 11.6 Å². The smallest absolute Gasteiger partial charge is 0.264 e. The third kappa shape index (κ3) is 4.28. The van der Waals surface area contributed by atoms with Gasteiger partial charge in [-0.3, -0.25) is 9.59 Å². The Hall–Kier alpha value is -2.24. The van der Waals surface area contributed by atoms with Crippen LogP contribution in [0.15, 0.2) is 52.3 Å². The molecule has 2 amide bonds. The first-order valence-corrected chi connectivity index (χ1v) is 11.4. The van der Waals surface area contributed by atoms with Crippen LogP contribution in [0.5, 0.6) is 0 Å². The molecule has 4 rings (SSSR count). The van der Waals surface area contributed by atoms with E-state index in [1.54, 1.807) is 11.9 Å². The Kier molecular flexibility index (Phi) is 5.94. The van der Waals surface area contributed by atoms with Gasteiger partial charge in [0.1, 0.15) is 0 Å². The summed E-state index contributed by atoms with van der Waals surface area (Å²) in [6.45, 7) is 5.96. The van der Waals surface area contributed by atoms with Crippen LogP contribution in [0.2, 0.25) is 5.02 Å². The number of thioether (sulfide) groups is 1. The Morgan fingerprint density at radius 3 is 2.57 bits per heavy atom. The molecule has 0 spiro atoms. The Balaban J connectivity index is 1.61. The van der Waals surface area contributed by atoms with Crippen LogP contribution in [0.1, 0.15) is 36.2 Å². The van der Waals surface area contributed by atoms with E-state index >= 15 is 0 Å². The molecule has 0 N–H and O–H groups in total. The number of rotatable bonds is 2. The number of carbonyl (C=O) groups excluding carboxylic acids is 2. The van der Waals surface area contributed by atoms with Gasteiger partial charge in [0, 0.05) is 35.6 Å². The van der Waals surface area contributed by atoms with Crippen molar-refractivity contribution in [2.24, 2.45) is 11.8 Å². The van der Waals surface area contributed by atoms with Gasteiger partial charge in [0.15, 0.2) is 0 Å². The van der Waals surface area contributed by atoms with Crippen molar-refractivity contribution in [1.82, 2.24) is 4.90 Å². The van der Waals surface area contributed by atoms with Crippen LogP contribution < -0.4 is 4.90 Å². The van der Waals surface area contributed by atoms with Crippen LogP contribution in [0.3, 0.4) is 0 Å². The van der Waals surface area contributed by atoms with E-state index in [9.17, 15) is 9.59 Å². The summed E-state index contributed by atoms with van der Waals surface area (Å²) in [4.78, 5) is 31.2. The number of halogens is 1. The number of anilines is 1. The summed E-state index contributed by atoms with van der Waals surface area (Å²) in [6, 6.07) is 13.1. The summed E-state index contributed by atoms with van der Waals surface area (Å²) in [7, 11) is 1.76. The summed E-state index contributed by atoms with van der Waals surface area (Å²) in [5, 5.41) is 0.635. The lowest BCUT2D eigenvalue weighted by molar-refractivity contribution is -0.114. The lowest BCUT2D eigenvalue weighted by Gasteiger charge is -2.35. The van der Waals surface area contributed by atoms with Gasteiger partial charge in [0.2, 0.25) is 0 Å². The number of hydrogen-bond donors (Lipinski definition) is 0. The molecule has 2 aliphatic rings. The van der Waals surface area contributed by atoms with E-state index in [1.807, 2.05) is 53.4 Å². The summed E-state index contributed by atoms with van der Waals surface area (Å²) >= 11 is 7.50. The molecule has 2 heterocycles.